The Labute approximate surface area is 263 Å². The number of benzene rings is 2. The summed E-state index contributed by atoms with van der Waals surface area (Å²) in [5.74, 6) is 0.632. The first kappa shape index (κ1) is 32.0. The van der Waals surface area contributed by atoms with E-state index in [1.807, 2.05) is 42.2 Å². The number of carbonyl (C=O) groups is 2. The second-order valence-corrected chi connectivity index (χ2v) is 12.7. The molecule has 0 spiro atoms. The van der Waals surface area contributed by atoms with E-state index >= 15 is 0 Å². The summed E-state index contributed by atoms with van der Waals surface area (Å²) in [4.78, 5) is 37.9. The van der Waals surface area contributed by atoms with Crippen molar-refractivity contribution < 1.29 is 28.2 Å². The summed E-state index contributed by atoms with van der Waals surface area (Å²) < 4.78 is 32.0. The molecular formula is C34H42FN5O5. The summed E-state index contributed by atoms with van der Waals surface area (Å²) in [5.41, 5.74) is 0.824. The average Bonchev–Trinajstić information content (AvgIpc) is 3.43. The van der Waals surface area contributed by atoms with Gasteiger partial charge in [0.05, 0.1) is 24.5 Å². The van der Waals surface area contributed by atoms with Gasteiger partial charge in [-0.2, -0.15) is 0 Å². The van der Waals surface area contributed by atoms with Gasteiger partial charge in [-0.15, -0.1) is 0 Å². The Morgan fingerprint density at radius 2 is 1.67 bits per heavy atom. The van der Waals surface area contributed by atoms with Gasteiger partial charge in [-0.25, -0.2) is 23.9 Å². The van der Waals surface area contributed by atoms with E-state index in [1.165, 1.54) is 6.07 Å². The molecule has 0 saturated carbocycles. The van der Waals surface area contributed by atoms with Crippen molar-refractivity contribution in [3.05, 3.63) is 83.9 Å². The third-order valence-corrected chi connectivity index (χ3v) is 8.21. The molecule has 2 aromatic carbocycles. The number of halogens is 1. The number of aromatic nitrogens is 2. The van der Waals surface area contributed by atoms with Gasteiger partial charge in [0.25, 0.3) is 0 Å². The number of hydrogen-bond acceptors (Lipinski definition) is 8. The smallest absolute Gasteiger partial charge is 0.410 e. The number of hydrogen-bond donors (Lipinski definition) is 1. The van der Waals surface area contributed by atoms with Crippen LogP contribution in [0.2, 0.25) is 0 Å². The maximum atomic E-state index is 14.8. The first-order valence-corrected chi connectivity index (χ1v) is 15.5. The lowest BCUT2D eigenvalue weighted by Gasteiger charge is -2.34. The lowest BCUT2D eigenvalue weighted by molar-refractivity contribution is 0.0504. The molecule has 0 radical (unpaired) electrons. The van der Waals surface area contributed by atoms with Crippen LogP contribution in [0.25, 0.3) is 0 Å². The zero-order valence-electron chi connectivity index (χ0n) is 26.3. The Morgan fingerprint density at radius 1 is 1.00 bits per heavy atom. The van der Waals surface area contributed by atoms with E-state index in [0.717, 1.165) is 18.4 Å². The van der Waals surface area contributed by atoms with Crippen molar-refractivity contribution in [2.24, 2.45) is 5.92 Å². The van der Waals surface area contributed by atoms with Crippen molar-refractivity contribution >= 4 is 18.1 Å². The number of carbonyl (C=O) groups excluding carboxylic acids is 2. The van der Waals surface area contributed by atoms with Crippen molar-refractivity contribution in [1.29, 1.82) is 0 Å². The minimum atomic E-state index is -0.655. The molecule has 0 unspecified atom stereocenters. The number of likely N-dealkylation sites (tertiary alicyclic amines) is 1. The summed E-state index contributed by atoms with van der Waals surface area (Å²) in [6, 6.07) is 15.8. The van der Waals surface area contributed by atoms with Gasteiger partial charge in [-0.1, -0.05) is 48.5 Å². The highest BCUT2D eigenvalue weighted by Crippen LogP contribution is 2.32. The van der Waals surface area contributed by atoms with E-state index in [2.05, 4.69) is 15.3 Å². The fourth-order valence-electron chi connectivity index (χ4n) is 5.87. The highest BCUT2D eigenvalue weighted by molar-refractivity contribution is 5.69. The number of anilines is 1. The van der Waals surface area contributed by atoms with Crippen LogP contribution in [0.3, 0.4) is 0 Å². The molecule has 45 heavy (non-hydrogen) atoms. The molecule has 2 aliphatic heterocycles. The number of alkyl carbamates (subject to hydrolysis) is 1. The summed E-state index contributed by atoms with van der Waals surface area (Å²) >= 11 is 0. The third kappa shape index (κ3) is 8.61. The molecule has 3 atom stereocenters. The van der Waals surface area contributed by atoms with E-state index in [4.69, 9.17) is 14.2 Å². The Morgan fingerprint density at radius 3 is 2.33 bits per heavy atom. The quantitative estimate of drug-likeness (QED) is 0.331. The van der Waals surface area contributed by atoms with Crippen LogP contribution < -0.4 is 15.0 Å². The van der Waals surface area contributed by atoms with Crippen LogP contribution in [-0.4, -0.2) is 71.0 Å². The third-order valence-electron chi connectivity index (χ3n) is 8.21. The van der Waals surface area contributed by atoms with Crippen molar-refractivity contribution in [2.45, 2.75) is 70.8 Å². The molecular weight excluding hydrogens is 577 g/mol. The fraction of sp³-hybridized carbons (Fsp3) is 0.471. The van der Waals surface area contributed by atoms with Crippen LogP contribution >= 0.6 is 0 Å². The van der Waals surface area contributed by atoms with Gasteiger partial charge in [-0.3, -0.25) is 0 Å². The number of ether oxygens (including phenoxy) is 3. The maximum Gasteiger partial charge on any atom is 0.410 e. The number of piperidine rings is 1. The van der Waals surface area contributed by atoms with Crippen LogP contribution in [0, 0.1) is 11.7 Å². The van der Waals surface area contributed by atoms with Gasteiger partial charge in [0.1, 0.15) is 18.0 Å². The summed E-state index contributed by atoms with van der Waals surface area (Å²) in [7, 11) is 0. The highest BCUT2D eigenvalue weighted by Gasteiger charge is 2.38. The predicted molar refractivity (Wildman–Crippen MR) is 168 cm³/mol. The molecule has 10 nitrogen and oxygen atoms in total. The van der Waals surface area contributed by atoms with E-state index in [1.54, 1.807) is 56.3 Å². The van der Waals surface area contributed by atoms with Crippen molar-refractivity contribution in [3.63, 3.8) is 0 Å². The van der Waals surface area contributed by atoms with E-state index in [-0.39, 0.29) is 36.5 Å². The maximum absolute atomic E-state index is 14.8. The van der Waals surface area contributed by atoms with Crippen LogP contribution in [0.4, 0.5) is 19.9 Å². The molecule has 2 amide bonds. The normalized spacial score (nSPS) is 19.6. The summed E-state index contributed by atoms with van der Waals surface area (Å²) in [5, 5.41) is 2.93. The van der Waals surface area contributed by atoms with Gasteiger partial charge < -0.3 is 29.3 Å². The molecule has 5 rings (SSSR count). The first-order chi connectivity index (χ1) is 21.6. The van der Waals surface area contributed by atoms with E-state index in [9.17, 15) is 14.0 Å². The number of amides is 2. The van der Waals surface area contributed by atoms with Crippen LogP contribution in [-0.2, 0) is 16.1 Å². The number of nitrogens with zero attached hydrogens (tertiary/aromatic N) is 4. The number of nitrogens with one attached hydrogen (secondary N) is 1. The van der Waals surface area contributed by atoms with Crippen molar-refractivity contribution in [3.8, 4) is 5.75 Å². The van der Waals surface area contributed by atoms with E-state index in [0.29, 0.717) is 43.4 Å². The number of rotatable bonds is 8. The highest BCUT2D eigenvalue weighted by atomic mass is 19.1. The Hall–Kier alpha value is -4.41. The fourth-order valence-corrected chi connectivity index (χ4v) is 5.87. The molecule has 2 aliphatic rings. The van der Waals surface area contributed by atoms with Crippen molar-refractivity contribution in [2.75, 3.05) is 31.1 Å². The van der Waals surface area contributed by atoms with Gasteiger partial charge >= 0.3 is 12.2 Å². The molecule has 11 heteroatoms. The molecule has 2 saturated heterocycles. The minimum Gasteiger partial charge on any atom is -0.487 e. The summed E-state index contributed by atoms with van der Waals surface area (Å²) in [6.45, 7) is 9.71. The molecule has 0 bridgehead atoms. The van der Waals surface area contributed by atoms with Gasteiger partial charge in [0.15, 0.2) is 5.75 Å². The van der Waals surface area contributed by atoms with Crippen LogP contribution in [0.5, 0.6) is 5.75 Å². The van der Waals surface area contributed by atoms with Crippen LogP contribution in [0.1, 0.15) is 57.6 Å². The van der Waals surface area contributed by atoms with Gasteiger partial charge in [0.2, 0.25) is 5.95 Å². The Balaban J connectivity index is 1.14. The minimum absolute atomic E-state index is 0.0958. The lowest BCUT2D eigenvalue weighted by Crippen LogP contribution is -2.43. The topological polar surface area (TPSA) is 106 Å². The second-order valence-electron chi connectivity index (χ2n) is 12.7. The lowest BCUT2D eigenvalue weighted by atomic mass is 9.92. The Bertz CT molecular complexity index is 1430. The molecule has 3 aromatic rings. The van der Waals surface area contributed by atoms with Crippen molar-refractivity contribution in [1.82, 2.24) is 20.2 Å². The predicted octanol–water partition coefficient (Wildman–Crippen LogP) is 5.93. The molecule has 240 valence electrons. The zero-order chi connectivity index (χ0) is 32.0. The standard InChI is InChI=1S/C34H42FN5O5/c1-23(25-14-16-39(17-15-25)33(42)43-22-24-10-6-5-7-11-24)44-26-18-36-31(37-19-26)40-20-28(27-12-8-9-13-29(27)35)30(21-40)38-32(41)45-34(2,3)4/h5-13,18-19,23,25,28,30H,14-17,20-22H2,1-4H3,(H,38,41)/t23-,28+,30-/m0/s1. The second kappa shape index (κ2) is 14.1. The SMILES string of the molecule is C[C@H](Oc1cnc(N2C[C@H](NC(=O)OC(C)(C)C)[C@@H](c3ccccc3F)C2)nc1)C1CCN(C(=O)OCc2ccccc2)CC1. The Kier molecular flexibility index (Phi) is 10.0. The zero-order valence-corrected chi connectivity index (χ0v) is 26.3. The first-order valence-electron chi connectivity index (χ1n) is 15.5. The molecule has 1 aromatic heterocycles. The van der Waals surface area contributed by atoms with Gasteiger partial charge in [0, 0.05) is 32.1 Å². The van der Waals surface area contributed by atoms with Gasteiger partial charge in [-0.05, 0) is 63.6 Å². The monoisotopic (exact) mass is 619 g/mol. The van der Waals surface area contributed by atoms with Crippen LogP contribution in [0.15, 0.2) is 67.0 Å². The van der Waals surface area contributed by atoms with E-state index < -0.39 is 17.7 Å². The summed E-state index contributed by atoms with van der Waals surface area (Å²) in [6.07, 6.45) is 3.95. The molecule has 2 fully saturated rings. The average molecular weight is 620 g/mol. The molecule has 0 aliphatic carbocycles. The molecule has 3 heterocycles. The molecule has 1 N–H and O–H groups in total. The largest absolute Gasteiger partial charge is 0.487 e.